The van der Waals surface area contributed by atoms with Crippen molar-refractivity contribution in [1.82, 2.24) is 5.32 Å². The van der Waals surface area contributed by atoms with Crippen molar-refractivity contribution in [3.8, 4) is 17.2 Å². The summed E-state index contributed by atoms with van der Waals surface area (Å²) in [5.74, 6) is 4.27. The zero-order valence-corrected chi connectivity index (χ0v) is 15.3. The van der Waals surface area contributed by atoms with E-state index in [0.29, 0.717) is 5.75 Å². The first-order valence-electron chi connectivity index (χ1n) is 8.74. The second kappa shape index (κ2) is 5.99. The fourth-order valence-electron chi connectivity index (χ4n) is 3.89. The van der Waals surface area contributed by atoms with Crippen LogP contribution in [0.3, 0.4) is 0 Å². The predicted octanol–water partition coefficient (Wildman–Crippen LogP) is 4.13. The van der Waals surface area contributed by atoms with Crippen molar-refractivity contribution in [3.63, 3.8) is 0 Å². The van der Waals surface area contributed by atoms with Crippen LogP contribution in [0.1, 0.15) is 49.0 Å². The Morgan fingerprint density at radius 2 is 2.08 bits per heavy atom. The molecule has 2 aromatic rings. The molecule has 5 heteroatoms. The second-order valence-corrected chi connectivity index (χ2v) is 7.75. The molecule has 2 heterocycles. The lowest BCUT2D eigenvalue weighted by Crippen LogP contribution is -2.32. The van der Waals surface area contributed by atoms with E-state index in [1.807, 2.05) is 19.1 Å². The van der Waals surface area contributed by atoms with Gasteiger partial charge in [-0.15, -0.1) is 0 Å². The van der Waals surface area contributed by atoms with Gasteiger partial charge in [0.2, 0.25) is 12.5 Å². The minimum absolute atomic E-state index is 0.224. The number of fused-ring (bicyclic) bond motifs is 2. The van der Waals surface area contributed by atoms with Gasteiger partial charge in [0, 0.05) is 24.6 Å². The third kappa shape index (κ3) is 3.09. The number of nitrogens with one attached hydrogen (secondary N) is 1. The maximum absolute atomic E-state index is 5.92. The van der Waals surface area contributed by atoms with Gasteiger partial charge >= 0.3 is 0 Å². The average molecular weight is 343 g/mol. The third-order valence-corrected chi connectivity index (χ3v) is 5.01. The number of hydrogen-bond donors (Lipinski definition) is 1. The van der Waals surface area contributed by atoms with Gasteiger partial charge in [0.25, 0.3) is 0 Å². The monoisotopic (exact) mass is 343 g/mol. The molecule has 5 nitrogen and oxygen atoms in total. The topological polar surface area (TPSA) is 52.9 Å². The van der Waals surface area contributed by atoms with Crippen molar-refractivity contribution < 1.29 is 18.6 Å². The fraction of sp³-hybridized carbons (Fsp3) is 0.500. The van der Waals surface area contributed by atoms with Crippen LogP contribution in [0.4, 0.5) is 0 Å². The lowest BCUT2D eigenvalue weighted by Gasteiger charge is -2.35. The maximum atomic E-state index is 5.92. The second-order valence-electron chi connectivity index (χ2n) is 7.75. The Hall–Kier alpha value is -2.14. The summed E-state index contributed by atoms with van der Waals surface area (Å²) >= 11 is 0. The molecule has 134 valence electrons. The molecule has 0 fully saturated rings. The summed E-state index contributed by atoms with van der Waals surface area (Å²) in [6, 6.07) is 6.49. The summed E-state index contributed by atoms with van der Waals surface area (Å²) in [5, 5.41) is 3.69. The number of rotatable bonds is 4. The quantitative estimate of drug-likeness (QED) is 0.905. The van der Waals surface area contributed by atoms with Crippen LogP contribution in [-0.4, -0.2) is 13.9 Å². The van der Waals surface area contributed by atoms with E-state index in [9.17, 15) is 0 Å². The first-order valence-corrected chi connectivity index (χ1v) is 8.74. The highest BCUT2D eigenvalue weighted by atomic mass is 16.7. The lowest BCUT2D eigenvalue weighted by atomic mass is 9.74. The maximum Gasteiger partial charge on any atom is 0.231 e. The molecule has 0 radical (unpaired) electrons. The fourth-order valence-corrected chi connectivity index (χ4v) is 3.89. The summed E-state index contributed by atoms with van der Waals surface area (Å²) < 4.78 is 22.3. The van der Waals surface area contributed by atoms with Gasteiger partial charge in [0.05, 0.1) is 7.11 Å². The molecule has 0 bridgehead atoms. The molecule has 0 saturated carbocycles. The van der Waals surface area contributed by atoms with Crippen LogP contribution in [0.15, 0.2) is 22.6 Å². The Kier molecular flexibility index (Phi) is 3.91. The Balaban J connectivity index is 1.55. The Morgan fingerprint density at radius 3 is 2.88 bits per heavy atom. The molecule has 1 aromatic carbocycles. The third-order valence-electron chi connectivity index (χ3n) is 5.01. The van der Waals surface area contributed by atoms with Crippen LogP contribution in [0.5, 0.6) is 17.2 Å². The number of ether oxygens (including phenoxy) is 3. The van der Waals surface area contributed by atoms with Crippen LogP contribution in [-0.2, 0) is 13.0 Å². The Bertz CT molecular complexity index is 793. The smallest absolute Gasteiger partial charge is 0.231 e. The lowest BCUT2D eigenvalue weighted by molar-refractivity contribution is 0.171. The average Bonchev–Trinajstić information content (AvgIpc) is 3.16. The van der Waals surface area contributed by atoms with E-state index in [4.69, 9.17) is 18.6 Å². The summed E-state index contributed by atoms with van der Waals surface area (Å²) in [4.78, 5) is 0. The minimum atomic E-state index is 0.224. The normalized spacial score (nSPS) is 20.4. The molecule has 2 aliphatic rings. The number of furan rings is 1. The van der Waals surface area contributed by atoms with Crippen molar-refractivity contribution in [2.75, 3.05) is 13.9 Å². The standard InChI is InChI=1S/C20H25NO4/c1-12-5-14-15(8-20(2,3)9-18(14)25-12)21-10-13-6-16(22-4)19-17(7-13)23-11-24-19/h5-7,15,21H,8-11H2,1-4H3. The van der Waals surface area contributed by atoms with Gasteiger partial charge in [0.1, 0.15) is 11.5 Å². The van der Waals surface area contributed by atoms with Crippen LogP contribution < -0.4 is 19.5 Å². The number of benzene rings is 1. The number of aryl methyl sites for hydroxylation is 1. The molecule has 0 amide bonds. The van der Waals surface area contributed by atoms with E-state index in [2.05, 4.69) is 25.2 Å². The first-order chi connectivity index (χ1) is 11.9. The SMILES string of the molecule is COc1cc(CNC2CC(C)(C)Cc3oc(C)cc32)cc2c1OCO2. The van der Waals surface area contributed by atoms with Gasteiger partial charge in [-0.1, -0.05) is 13.8 Å². The first kappa shape index (κ1) is 16.3. The van der Waals surface area contributed by atoms with Crippen molar-refractivity contribution >= 4 is 0 Å². The number of hydrogen-bond acceptors (Lipinski definition) is 5. The Labute approximate surface area is 148 Å². The van der Waals surface area contributed by atoms with Crippen LogP contribution in [0.2, 0.25) is 0 Å². The van der Waals surface area contributed by atoms with Crippen LogP contribution >= 0.6 is 0 Å². The summed E-state index contributed by atoms with van der Waals surface area (Å²) in [7, 11) is 1.65. The van der Waals surface area contributed by atoms with Crippen LogP contribution in [0.25, 0.3) is 0 Å². The van der Waals surface area contributed by atoms with E-state index in [-0.39, 0.29) is 18.2 Å². The van der Waals surface area contributed by atoms with E-state index in [1.54, 1.807) is 7.11 Å². The molecule has 1 aliphatic heterocycles. The van der Waals surface area contributed by atoms with Gasteiger partial charge in [-0.2, -0.15) is 0 Å². The highest BCUT2D eigenvalue weighted by molar-refractivity contribution is 5.55. The highest BCUT2D eigenvalue weighted by Crippen LogP contribution is 2.44. The molecule has 1 N–H and O–H groups in total. The van der Waals surface area contributed by atoms with Gasteiger partial charge < -0.3 is 23.9 Å². The van der Waals surface area contributed by atoms with Crippen molar-refractivity contribution in [3.05, 3.63) is 40.8 Å². The molecule has 0 spiro atoms. The molecule has 4 rings (SSSR count). The predicted molar refractivity (Wildman–Crippen MR) is 94.2 cm³/mol. The minimum Gasteiger partial charge on any atom is -0.493 e. The molecular formula is C20H25NO4. The number of methoxy groups -OCH3 is 1. The zero-order valence-electron chi connectivity index (χ0n) is 15.3. The zero-order chi connectivity index (χ0) is 17.6. The summed E-state index contributed by atoms with van der Waals surface area (Å²) in [6.45, 7) is 7.59. The summed E-state index contributed by atoms with van der Waals surface area (Å²) in [6.07, 6.45) is 2.08. The van der Waals surface area contributed by atoms with E-state index >= 15 is 0 Å². The molecule has 1 aliphatic carbocycles. The molecule has 1 aromatic heterocycles. The molecule has 0 saturated heterocycles. The van der Waals surface area contributed by atoms with Crippen molar-refractivity contribution in [2.24, 2.45) is 5.41 Å². The molecule has 25 heavy (non-hydrogen) atoms. The summed E-state index contributed by atoms with van der Waals surface area (Å²) in [5.41, 5.74) is 2.64. The van der Waals surface area contributed by atoms with Gasteiger partial charge in [0.15, 0.2) is 11.5 Å². The van der Waals surface area contributed by atoms with E-state index in [0.717, 1.165) is 48.0 Å². The van der Waals surface area contributed by atoms with Gasteiger partial charge in [-0.25, -0.2) is 0 Å². The molecular weight excluding hydrogens is 318 g/mol. The highest BCUT2D eigenvalue weighted by Gasteiger charge is 2.34. The largest absolute Gasteiger partial charge is 0.493 e. The van der Waals surface area contributed by atoms with Crippen molar-refractivity contribution in [2.45, 2.75) is 46.2 Å². The molecule has 1 unspecified atom stereocenters. The molecule has 1 atom stereocenters. The van der Waals surface area contributed by atoms with Gasteiger partial charge in [-0.3, -0.25) is 0 Å². The van der Waals surface area contributed by atoms with Gasteiger partial charge in [-0.05, 0) is 42.5 Å². The van der Waals surface area contributed by atoms with E-state index < -0.39 is 0 Å². The van der Waals surface area contributed by atoms with Crippen LogP contribution in [0, 0.1) is 12.3 Å². The Morgan fingerprint density at radius 1 is 1.24 bits per heavy atom. The van der Waals surface area contributed by atoms with Crippen molar-refractivity contribution in [1.29, 1.82) is 0 Å². The van der Waals surface area contributed by atoms with E-state index in [1.165, 1.54) is 5.56 Å².